The Morgan fingerprint density at radius 2 is 1.63 bits per heavy atom. The van der Waals surface area contributed by atoms with Crippen molar-refractivity contribution in [3.63, 3.8) is 0 Å². The highest BCUT2D eigenvalue weighted by Crippen LogP contribution is 2.26. The molecule has 19 heavy (non-hydrogen) atoms. The molecule has 0 aliphatic carbocycles. The van der Waals surface area contributed by atoms with Crippen LogP contribution in [-0.4, -0.2) is 34.8 Å². The molecule has 1 unspecified atom stereocenters. The first-order valence-electron chi connectivity index (χ1n) is 7.21. The molecule has 1 atom stereocenters. The molecule has 1 rings (SSSR count). The summed E-state index contributed by atoms with van der Waals surface area (Å²) in [5.74, 6) is 1.36. The van der Waals surface area contributed by atoms with Gasteiger partial charge in [0.2, 0.25) is 11.8 Å². The largest absolute Gasteiger partial charge is 0.340 e. The van der Waals surface area contributed by atoms with Crippen LogP contribution in [0, 0.1) is 17.8 Å². The van der Waals surface area contributed by atoms with Crippen LogP contribution in [0.2, 0.25) is 0 Å². The third-order valence-electron chi connectivity index (χ3n) is 4.20. The van der Waals surface area contributed by atoms with Gasteiger partial charge in [-0.25, -0.2) is 0 Å². The van der Waals surface area contributed by atoms with Gasteiger partial charge in [-0.05, 0) is 38.5 Å². The van der Waals surface area contributed by atoms with Crippen LogP contribution in [0.25, 0.3) is 0 Å². The lowest BCUT2D eigenvalue weighted by molar-refractivity contribution is -0.154. The van der Waals surface area contributed by atoms with E-state index in [-0.39, 0.29) is 17.9 Å². The fraction of sp³-hybridized carbons (Fsp3) is 0.867. The molecule has 1 aliphatic rings. The second-order valence-corrected chi connectivity index (χ2v) is 6.90. The Bertz CT molecular complexity index is 353. The molecule has 1 heterocycles. The molecule has 0 spiro atoms. The summed E-state index contributed by atoms with van der Waals surface area (Å²) in [4.78, 5) is 26.2. The molecule has 0 bridgehead atoms. The summed E-state index contributed by atoms with van der Waals surface area (Å²) in [6.07, 6.45) is 0. The fourth-order valence-corrected chi connectivity index (χ4v) is 2.80. The molecule has 1 fully saturated rings. The number of nitrogens with zero attached hydrogens (tertiary/aromatic N) is 1. The van der Waals surface area contributed by atoms with Crippen LogP contribution >= 0.6 is 0 Å². The van der Waals surface area contributed by atoms with E-state index in [0.717, 1.165) is 0 Å². The number of rotatable bonds is 4. The van der Waals surface area contributed by atoms with E-state index in [1.807, 2.05) is 0 Å². The maximum atomic E-state index is 12.5. The molecule has 2 amide bonds. The normalized spacial score (nSPS) is 23.5. The molecule has 0 aromatic carbocycles. The first-order chi connectivity index (χ1) is 8.58. The third-order valence-corrected chi connectivity index (χ3v) is 4.20. The minimum Gasteiger partial charge on any atom is -0.340 e. The summed E-state index contributed by atoms with van der Waals surface area (Å²) in [7, 11) is 0. The van der Waals surface area contributed by atoms with Gasteiger partial charge >= 0.3 is 0 Å². The van der Waals surface area contributed by atoms with Crippen LogP contribution in [0.4, 0.5) is 0 Å². The van der Waals surface area contributed by atoms with Gasteiger partial charge in [-0.3, -0.25) is 9.59 Å². The van der Waals surface area contributed by atoms with Crippen molar-refractivity contribution in [2.24, 2.45) is 17.8 Å². The zero-order valence-corrected chi connectivity index (χ0v) is 13.3. The Kier molecular flexibility index (Phi) is 4.64. The molecule has 1 aliphatic heterocycles. The highest BCUT2D eigenvalue weighted by molar-refractivity contribution is 5.99. The van der Waals surface area contributed by atoms with E-state index in [9.17, 15) is 9.59 Å². The number of carbonyl (C=O) groups excluding carboxylic acids is 2. The van der Waals surface area contributed by atoms with Gasteiger partial charge in [-0.2, -0.15) is 0 Å². The molecule has 0 saturated carbocycles. The molecule has 4 nitrogen and oxygen atoms in total. The van der Waals surface area contributed by atoms with Crippen molar-refractivity contribution in [2.45, 2.75) is 60.0 Å². The molecule has 0 radical (unpaired) electrons. The zero-order chi connectivity index (χ0) is 15.0. The summed E-state index contributed by atoms with van der Waals surface area (Å²) in [5, 5.41) is 2.79. The second kappa shape index (κ2) is 5.51. The van der Waals surface area contributed by atoms with E-state index < -0.39 is 5.54 Å². The summed E-state index contributed by atoms with van der Waals surface area (Å²) in [5.41, 5.74) is -0.790. The highest BCUT2D eigenvalue weighted by Gasteiger charge is 2.44. The minimum absolute atomic E-state index is 0.0194. The standard InChI is InChI=1S/C15H28N2O2/c1-9(2)12(10(3)4)8-17-11(5)13(18)16-15(6,7)14(17)19/h9-12H,8H2,1-7H3,(H,16,18). The Hall–Kier alpha value is -1.06. The van der Waals surface area contributed by atoms with E-state index in [4.69, 9.17) is 0 Å². The number of hydrogen-bond acceptors (Lipinski definition) is 2. The Labute approximate surface area is 116 Å². The van der Waals surface area contributed by atoms with Gasteiger partial charge in [0.15, 0.2) is 0 Å². The molecule has 0 aromatic rings. The number of hydrogen-bond donors (Lipinski definition) is 1. The van der Waals surface area contributed by atoms with Gasteiger partial charge in [0.25, 0.3) is 0 Å². The van der Waals surface area contributed by atoms with Gasteiger partial charge in [0.1, 0.15) is 11.6 Å². The topological polar surface area (TPSA) is 49.4 Å². The lowest BCUT2D eigenvalue weighted by Gasteiger charge is -2.44. The minimum atomic E-state index is -0.790. The average Bonchev–Trinajstić information content (AvgIpc) is 2.25. The van der Waals surface area contributed by atoms with Crippen molar-refractivity contribution in [1.29, 1.82) is 0 Å². The first-order valence-corrected chi connectivity index (χ1v) is 7.21. The molecule has 110 valence electrons. The van der Waals surface area contributed by atoms with Crippen molar-refractivity contribution in [1.82, 2.24) is 10.2 Å². The Morgan fingerprint density at radius 1 is 1.16 bits per heavy atom. The van der Waals surface area contributed by atoms with Gasteiger partial charge in [0, 0.05) is 6.54 Å². The van der Waals surface area contributed by atoms with Gasteiger partial charge in [-0.15, -0.1) is 0 Å². The van der Waals surface area contributed by atoms with Crippen molar-refractivity contribution in [2.75, 3.05) is 6.54 Å². The molecule has 1 saturated heterocycles. The molecule has 0 aromatic heterocycles. The fourth-order valence-electron chi connectivity index (χ4n) is 2.80. The molecular formula is C15H28N2O2. The Morgan fingerprint density at radius 3 is 2.05 bits per heavy atom. The van der Waals surface area contributed by atoms with Crippen LogP contribution in [-0.2, 0) is 9.59 Å². The van der Waals surface area contributed by atoms with Crippen LogP contribution < -0.4 is 5.32 Å². The summed E-state index contributed by atoms with van der Waals surface area (Å²) < 4.78 is 0. The summed E-state index contributed by atoms with van der Waals surface area (Å²) in [6, 6.07) is -0.375. The maximum absolute atomic E-state index is 12.5. The number of carbonyl (C=O) groups is 2. The average molecular weight is 268 g/mol. The van der Waals surface area contributed by atoms with Gasteiger partial charge in [0.05, 0.1) is 0 Å². The zero-order valence-electron chi connectivity index (χ0n) is 13.3. The lowest BCUT2D eigenvalue weighted by atomic mass is 9.84. The SMILES string of the molecule is CC(C)C(CN1C(=O)C(C)(C)NC(=O)C1C)C(C)C. The summed E-state index contributed by atoms with van der Waals surface area (Å²) in [6.45, 7) is 14.7. The van der Waals surface area contributed by atoms with E-state index in [0.29, 0.717) is 24.3 Å². The number of nitrogens with one attached hydrogen (secondary N) is 1. The van der Waals surface area contributed by atoms with E-state index in [1.165, 1.54) is 0 Å². The van der Waals surface area contributed by atoms with E-state index >= 15 is 0 Å². The monoisotopic (exact) mass is 268 g/mol. The maximum Gasteiger partial charge on any atom is 0.248 e. The van der Waals surface area contributed by atoms with Gasteiger partial charge in [-0.1, -0.05) is 27.7 Å². The predicted octanol–water partition coefficient (Wildman–Crippen LogP) is 2.04. The second-order valence-electron chi connectivity index (χ2n) is 6.90. The van der Waals surface area contributed by atoms with Gasteiger partial charge < -0.3 is 10.2 Å². The highest BCUT2D eigenvalue weighted by atomic mass is 16.2. The molecule has 4 heteroatoms. The lowest BCUT2D eigenvalue weighted by Crippen LogP contribution is -2.68. The van der Waals surface area contributed by atoms with Crippen LogP contribution in [0.3, 0.4) is 0 Å². The summed E-state index contributed by atoms with van der Waals surface area (Å²) >= 11 is 0. The van der Waals surface area contributed by atoms with E-state index in [1.54, 1.807) is 25.7 Å². The van der Waals surface area contributed by atoms with E-state index in [2.05, 4.69) is 33.0 Å². The van der Waals surface area contributed by atoms with Crippen LogP contribution in [0.1, 0.15) is 48.5 Å². The quantitative estimate of drug-likeness (QED) is 0.848. The third kappa shape index (κ3) is 3.28. The van der Waals surface area contributed by atoms with Crippen molar-refractivity contribution in [3.8, 4) is 0 Å². The van der Waals surface area contributed by atoms with Crippen molar-refractivity contribution in [3.05, 3.63) is 0 Å². The molecular weight excluding hydrogens is 240 g/mol. The number of piperazine rings is 1. The molecule has 1 N–H and O–H groups in total. The van der Waals surface area contributed by atoms with Crippen molar-refractivity contribution >= 4 is 11.8 Å². The first kappa shape index (κ1) is 16.0. The Balaban J connectivity index is 2.95. The smallest absolute Gasteiger partial charge is 0.248 e. The van der Waals surface area contributed by atoms with Crippen LogP contribution in [0.15, 0.2) is 0 Å². The van der Waals surface area contributed by atoms with Crippen LogP contribution in [0.5, 0.6) is 0 Å². The van der Waals surface area contributed by atoms with Crippen molar-refractivity contribution < 1.29 is 9.59 Å². The predicted molar refractivity (Wildman–Crippen MR) is 76.6 cm³/mol. The number of amides is 2.